The third-order valence-electron chi connectivity index (χ3n) is 6.32. The Balaban J connectivity index is 1.45. The number of H-pyrrole nitrogens is 1. The summed E-state index contributed by atoms with van der Waals surface area (Å²) in [6, 6.07) is 22.0. The van der Waals surface area contributed by atoms with Crippen molar-refractivity contribution in [3.05, 3.63) is 89.2 Å². The van der Waals surface area contributed by atoms with Crippen LogP contribution in [0.3, 0.4) is 0 Å². The van der Waals surface area contributed by atoms with Gasteiger partial charge in [-0.05, 0) is 47.4 Å². The molecule has 1 aliphatic rings. The molecule has 33 heavy (non-hydrogen) atoms. The average Bonchev–Trinajstić information content (AvgIpc) is 3.29. The molecular formula is C27H27N3O3. The lowest BCUT2D eigenvalue weighted by atomic mass is 9.87. The van der Waals surface area contributed by atoms with Gasteiger partial charge in [-0.15, -0.1) is 0 Å². The Hall–Kier alpha value is -3.80. The number of hydrogen-bond acceptors (Lipinski definition) is 4. The molecule has 6 heteroatoms. The molecule has 1 aliphatic heterocycles. The topological polar surface area (TPSA) is 67.5 Å². The van der Waals surface area contributed by atoms with Crippen LogP contribution in [0.2, 0.25) is 0 Å². The van der Waals surface area contributed by atoms with Gasteiger partial charge in [0.05, 0.1) is 31.3 Å². The predicted molar refractivity (Wildman–Crippen MR) is 128 cm³/mol. The zero-order valence-corrected chi connectivity index (χ0v) is 18.9. The van der Waals surface area contributed by atoms with Gasteiger partial charge in [-0.1, -0.05) is 42.5 Å². The number of nitrogens with zero attached hydrogens (tertiary/aromatic N) is 2. The summed E-state index contributed by atoms with van der Waals surface area (Å²) in [5, 5.41) is 0. The Morgan fingerprint density at radius 2 is 1.76 bits per heavy atom. The number of carbonyl (C=O) groups is 1. The maximum absolute atomic E-state index is 13.5. The number of aromatic nitrogens is 2. The van der Waals surface area contributed by atoms with E-state index in [1.165, 1.54) is 5.56 Å². The number of imidazole rings is 1. The number of ether oxygens (including phenoxy) is 2. The number of methoxy groups -OCH3 is 2. The van der Waals surface area contributed by atoms with Gasteiger partial charge in [-0.25, -0.2) is 4.98 Å². The molecule has 0 bridgehead atoms. The number of rotatable bonds is 6. The smallest absolute Gasteiger partial charge is 0.223 e. The van der Waals surface area contributed by atoms with Gasteiger partial charge in [-0.3, -0.25) is 4.79 Å². The Bertz CT molecular complexity index is 1250. The summed E-state index contributed by atoms with van der Waals surface area (Å²) >= 11 is 0. The Morgan fingerprint density at radius 3 is 2.52 bits per heavy atom. The van der Waals surface area contributed by atoms with Crippen LogP contribution < -0.4 is 9.47 Å². The molecule has 1 N–H and O–H groups in total. The Kier molecular flexibility index (Phi) is 5.73. The van der Waals surface area contributed by atoms with Gasteiger partial charge >= 0.3 is 0 Å². The molecule has 1 atom stereocenters. The molecule has 1 amide bonds. The van der Waals surface area contributed by atoms with Gasteiger partial charge in [-0.2, -0.15) is 0 Å². The lowest BCUT2D eigenvalue weighted by Gasteiger charge is -2.38. The van der Waals surface area contributed by atoms with Crippen LogP contribution >= 0.6 is 0 Å². The van der Waals surface area contributed by atoms with Crippen LogP contribution in [0.4, 0.5) is 0 Å². The molecule has 5 rings (SSSR count). The summed E-state index contributed by atoms with van der Waals surface area (Å²) in [5.41, 5.74) is 5.28. The van der Waals surface area contributed by atoms with Gasteiger partial charge in [0.1, 0.15) is 5.82 Å². The van der Waals surface area contributed by atoms with E-state index in [2.05, 4.69) is 22.1 Å². The second-order valence-corrected chi connectivity index (χ2v) is 8.26. The van der Waals surface area contributed by atoms with Crippen molar-refractivity contribution in [1.82, 2.24) is 14.9 Å². The van der Waals surface area contributed by atoms with Gasteiger partial charge in [0, 0.05) is 19.4 Å². The second-order valence-electron chi connectivity index (χ2n) is 8.26. The molecule has 3 aromatic carbocycles. The molecule has 4 aromatic rings. The minimum Gasteiger partial charge on any atom is -0.493 e. The van der Waals surface area contributed by atoms with Crippen molar-refractivity contribution in [3.63, 3.8) is 0 Å². The maximum atomic E-state index is 13.5. The zero-order chi connectivity index (χ0) is 22.8. The standard InChI is InChI=1S/C27H27N3O3/c1-32-23-16-19-14-15-30(26(31)13-12-25-28-21-10-6-7-11-22(21)29-25)27(18-8-4-3-5-9-18)20(19)17-24(23)33-2/h3-11,16-17,27H,12-15H2,1-2H3,(H,28,29). The summed E-state index contributed by atoms with van der Waals surface area (Å²) in [4.78, 5) is 23.4. The minimum absolute atomic E-state index is 0.116. The monoisotopic (exact) mass is 441 g/mol. The minimum atomic E-state index is -0.169. The normalized spacial score (nSPS) is 15.3. The number of carbonyl (C=O) groups excluding carboxylic acids is 1. The second kappa shape index (κ2) is 8.98. The highest BCUT2D eigenvalue weighted by Gasteiger charge is 2.33. The number of aromatic amines is 1. The Labute approximate surface area is 193 Å². The van der Waals surface area contributed by atoms with Gasteiger partial charge in [0.15, 0.2) is 11.5 Å². The molecule has 2 heterocycles. The number of hydrogen-bond donors (Lipinski definition) is 1. The molecule has 0 radical (unpaired) electrons. The summed E-state index contributed by atoms with van der Waals surface area (Å²) < 4.78 is 11.1. The van der Waals surface area contributed by atoms with Gasteiger partial charge in [0.25, 0.3) is 0 Å². The Morgan fingerprint density at radius 1 is 1.03 bits per heavy atom. The summed E-state index contributed by atoms with van der Waals surface area (Å²) in [6.07, 6.45) is 1.74. The van der Waals surface area contributed by atoms with Crippen LogP contribution in [0.5, 0.6) is 11.5 Å². The van der Waals surface area contributed by atoms with Crippen molar-refractivity contribution in [3.8, 4) is 11.5 Å². The zero-order valence-electron chi connectivity index (χ0n) is 18.9. The van der Waals surface area contributed by atoms with E-state index in [0.717, 1.165) is 34.4 Å². The predicted octanol–water partition coefficient (Wildman–Crippen LogP) is 4.69. The summed E-state index contributed by atoms with van der Waals surface area (Å²) in [6.45, 7) is 0.654. The van der Waals surface area contributed by atoms with Crippen LogP contribution in [-0.4, -0.2) is 41.5 Å². The van der Waals surface area contributed by atoms with E-state index in [1.54, 1.807) is 14.2 Å². The van der Waals surface area contributed by atoms with Crippen LogP contribution in [0.15, 0.2) is 66.7 Å². The van der Waals surface area contributed by atoms with Crippen molar-refractivity contribution in [2.45, 2.75) is 25.3 Å². The lowest BCUT2D eigenvalue weighted by Crippen LogP contribution is -2.40. The van der Waals surface area contributed by atoms with Crippen LogP contribution in [0, 0.1) is 0 Å². The molecule has 0 spiro atoms. The van der Waals surface area contributed by atoms with Gasteiger partial charge < -0.3 is 19.4 Å². The first-order valence-electron chi connectivity index (χ1n) is 11.2. The average molecular weight is 442 g/mol. The molecule has 1 aromatic heterocycles. The molecule has 0 fully saturated rings. The fraction of sp³-hybridized carbons (Fsp3) is 0.259. The number of nitrogens with one attached hydrogen (secondary N) is 1. The number of para-hydroxylation sites is 2. The maximum Gasteiger partial charge on any atom is 0.223 e. The summed E-state index contributed by atoms with van der Waals surface area (Å²) in [7, 11) is 3.29. The molecular weight excluding hydrogens is 414 g/mol. The third kappa shape index (κ3) is 4.04. The van der Waals surface area contributed by atoms with E-state index >= 15 is 0 Å². The van der Waals surface area contributed by atoms with E-state index < -0.39 is 0 Å². The van der Waals surface area contributed by atoms with E-state index in [9.17, 15) is 4.79 Å². The first kappa shape index (κ1) is 21.1. The molecule has 168 valence electrons. The van der Waals surface area contributed by atoms with Gasteiger partial charge in [0.2, 0.25) is 5.91 Å². The molecule has 0 saturated heterocycles. The van der Waals surface area contributed by atoms with Crippen molar-refractivity contribution in [1.29, 1.82) is 0 Å². The molecule has 0 saturated carbocycles. The quantitative estimate of drug-likeness (QED) is 0.472. The van der Waals surface area contributed by atoms with E-state index in [4.69, 9.17) is 9.47 Å². The van der Waals surface area contributed by atoms with Crippen LogP contribution in [0.1, 0.15) is 35.0 Å². The fourth-order valence-electron chi connectivity index (χ4n) is 4.70. The van der Waals surface area contributed by atoms with E-state index in [0.29, 0.717) is 30.9 Å². The first-order valence-corrected chi connectivity index (χ1v) is 11.2. The number of fused-ring (bicyclic) bond motifs is 2. The SMILES string of the molecule is COc1cc2c(cc1OC)C(c1ccccc1)N(C(=O)CCc1nc3ccccc3[nH]1)CC2. The molecule has 1 unspecified atom stereocenters. The van der Waals surface area contributed by atoms with E-state index in [-0.39, 0.29) is 11.9 Å². The molecule has 6 nitrogen and oxygen atoms in total. The number of amides is 1. The molecule has 0 aliphatic carbocycles. The highest BCUT2D eigenvalue weighted by molar-refractivity contribution is 5.79. The van der Waals surface area contributed by atoms with Crippen molar-refractivity contribution < 1.29 is 14.3 Å². The third-order valence-corrected chi connectivity index (χ3v) is 6.32. The van der Waals surface area contributed by atoms with Crippen LogP contribution in [0.25, 0.3) is 11.0 Å². The largest absolute Gasteiger partial charge is 0.493 e. The number of aryl methyl sites for hydroxylation is 1. The van der Waals surface area contributed by atoms with E-state index in [1.807, 2.05) is 59.5 Å². The van der Waals surface area contributed by atoms with Crippen molar-refractivity contribution >= 4 is 16.9 Å². The van der Waals surface area contributed by atoms with Crippen molar-refractivity contribution in [2.24, 2.45) is 0 Å². The van der Waals surface area contributed by atoms with Crippen LogP contribution in [-0.2, 0) is 17.6 Å². The van der Waals surface area contributed by atoms with Crippen molar-refractivity contribution in [2.75, 3.05) is 20.8 Å². The highest BCUT2D eigenvalue weighted by atomic mass is 16.5. The highest BCUT2D eigenvalue weighted by Crippen LogP contribution is 2.41. The number of benzene rings is 3. The first-order chi connectivity index (χ1) is 16.2. The fourth-order valence-corrected chi connectivity index (χ4v) is 4.70. The lowest BCUT2D eigenvalue weighted by molar-refractivity contribution is -0.133. The summed E-state index contributed by atoms with van der Waals surface area (Å²) in [5.74, 6) is 2.34.